The quantitative estimate of drug-likeness (QED) is 0.412. The Bertz CT molecular complexity index is 611. The molecule has 0 fully saturated rings. The van der Waals surface area contributed by atoms with Gasteiger partial charge in [0.05, 0.1) is 0 Å². The van der Waals surface area contributed by atoms with E-state index in [0.717, 1.165) is 24.8 Å². The van der Waals surface area contributed by atoms with E-state index in [4.69, 9.17) is 0 Å². The lowest BCUT2D eigenvalue weighted by atomic mass is 9.90. The van der Waals surface area contributed by atoms with Crippen molar-refractivity contribution in [2.45, 2.75) is 60.3 Å². The van der Waals surface area contributed by atoms with E-state index in [1.165, 1.54) is 28.7 Å². The molecular formula is C24H34. The third kappa shape index (κ3) is 6.00. The van der Waals surface area contributed by atoms with Gasteiger partial charge in [-0.1, -0.05) is 82.7 Å². The van der Waals surface area contributed by atoms with E-state index in [2.05, 4.69) is 89.8 Å². The molecule has 0 nitrogen and oxygen atoms in total. The molecule has 0 spiro atoms. The molecule has 0 N–H and O–H groups in total. The van der Waals surface area contributed by atoms with Crippen LogP contribution >= 0.6 is 0 Å². The van der Waals surface area contributed by atoms with Crippen LogP contribution in [-0.4, -0.2) is 0 Å². The summed E-state index contributed by atoms with van der Waals surface area (Å²) in [7, 11) is 0. The largest absolute Gasteiger partial charge is 0.0911 e. The topological polar surface area (TPSA) is 0 Å². The van der Waals surface area contributed by atoms with E-state index >= 15 is 0 Å². The summed E-state index contributed by atoms with van der Waals surface area (Å²) in [4.78, 5) is 0. The third-order valence-electron chi connectivity index (χ3n) is 4.54. The highest BCUT2D eigenvalue weighted by atomic mass is 14.1. The Hall–Kier alpha value is -1.82. The maximum absolute atomic E-state index is 4.38. The minimum atomic E-state index is 0.698. The van der Waals surface area contributed by atoms with Crippen molar-refractivity contribution in [1.29, 1.82) is 0 Å². The zero-order chi connectivity index (χ0) is 17.9. The summed E-state index contributed by atoms with van der Waals surface area (Å²) in [5.41, 5.74) is 6.48. The van der Waals surface area contributed by atoms with Crippen molar-refractivity contribution >= 4 is 5.57 Å². The lowest BCUT2D eigenvalue weighted by Crippen LogP contribution is -2.01. The average molecular weight is 323 g/mol. The predicted octanol–water partition coefficient (Wildman–Crippen LogP) is 7.54. The molecule has 24 heavy (non-hydrogen) atoms. The second-order valence-corrected chi connectivity index (χ2v) is 6.56. The molecular weight excluding hydrogens is 288 g/mol. The summed E-state index contributed by atoms with van der Waals surface area (Å²) in [6, 6.07) is 8.71. The van der Waals surface area contributed by atoms with Gasteiger partial charge in [0, 0.05) is 0 Å². The van der Waals surface area contributed by atoms with Gasteiger partial charge in [0.25, 0.3) is 0 Å². The van der Waals surface area contributed by atoms with Crippen LogP contribution in [0.5, 0.6) is 0 Å². The molecule has 0 bridgehead atoms. The van der Waals surface area contributed by atoms with Gasteiger partial charge in [0.1, 0.15) is 0 Å². The number of rotatable bonds is 9. The van der Waals surface area contributed by atoms with Crippen LogP contribution in [0.3, 0.4) is 0 Å². The highest BCUT2D eigenvalue weighted by molar-refractivity contribution is 5.76. The summed E-state index contributed by atoms with van der Waals surface area (Å²) >= 11 is 0. The lowest BCUT2D eigenvalue weighted by molar-refractivity contribution is 0.560. The van der Waals surface area contributed by atoms with E-state index in [1.807, 2.05) is 0 Å². The molecule has 0 aliphatic carbocycles. The van der Waals surface area contributed by atoms with Crippen LogP contribution in [0, 0.1) is 5.92 Å². The standard InChI is InChI=1S/C24H34/c1-7-13-21(10-4)22(14-8-2)18-20(6)24-16-12-11-15-23(24)17-19(5)9-3/h8,10-12,14-16,18-19H,6-7,9,13,17H2,1-5H3/b14-8-,21-10+,22-18+. The fourth-order valence-corrected chi connectivity index (χ4v) is 2.95. The minimum absolute atomic E-state index is 0.698. The van der Waals surface area contributed by atoms with Gasteiger partial charge < -0.3 is 0 Å². The van der Waals surface area contributed by atoms with Crippen molar-refractivity contribution in [3.8, 4) is 0 Å². The molecule has 1 atom stereocenters. The Morgan fingerprint density at radius 1 is 1.17 bits per heavy atom. The van der Waals surface area contributed by atoms with E-state index < -0.39 is 0 Å². The normalized spacial score (nSPS) is 14.2. The molecule has 0 saturated carbocycles. The van der Waals surface area contributed by atoms with Crippen LogP contribution in [0.4, 0.5) is 0 Å². The number of benzene rings is 1. The van der Waals surface area contributed by atoms with Crippen LogP contribution in [-0.2, 0) is 6.42 Å². The van der Waals surface area contributed by atoms with Crippen molar-refractivity contribution in [3.05, 3.63) is 77.4 Å². The summed E-state index contributed by atoms with van der Waals surface area (Å²) in [5, 5.41) is 0. The third-order valence-corrected chi connectivity index (χ3v) is 4.54. The molecule has 0 radical (unpaired) electrons. The Labute approximate surface area is 149 Å². The zero-order valence-corrected chi connectivity index (χ0v) is 16.2. The Kier molecular flexibility index (Phi) is 9.15. The van der Waals surface area contributed by atoms with Crippen molar-refractivity contribution in [1.82, 2.24) is 0 Å². The van der Waals surface area contributed by atoms with Gasteiger partial charge in [0.2, 0.25) is 0 Å². The molecule has 0 heteroatoms. The van der Waals surface area contributed by atoms with Gasteiger partial charge in [-0.3, -0.25) is 0 Å². The Morgan fingerprint density at radius 2 is 1.88 bits per heavy atom. The second-order valence-electron chi connectivity index (χ2n) is 6.56. The van der Waals surface area contributed by atoms with Crippen LogP contribution in [0.25, 0.3) is 5.57 Å². The van der Waals surface area contributed by atoms with Crippen LogP contribution in [0.15, 0.2) is 66.3 Å². The highest BCUT2D eigenvalue weighted by Crippen LogP contribution is 2.26. The van der Waals surface area contributed by atoms with Gasteiger partial charge in [-0.05, 0) is 66.5 Å². The second kappa shape index (κ2) is 10.9. The maximum atomic E-state index is 4.38. The Balaban J connectivity index is 3.19. The first-order valence-corrected chi connectivity index (χ1v) is 9.34. The van der Waals surface area contributed by atoms with Crippen LogP contribution in [0.2, 0.25) is 0 Å². The average Bonchev–Trinajstić information content (AvgIpc) is 2.59. The molecule has 1 rings (SSSR count). The zero-order valence-electron chi connectivity index (χ0n) is 16.2. The molecule has 1 unspecified atom stereocenters. The molecule has 0 aromatic heterocycles. The van der Waals surface area contributed by atoms with Crippen LogP contribution < -0.4 is 0 Å². The summed E-state index contributed by atoms with van der Waals surface area (Å²) in [6.45, 7) is 15.4. The first kappa shape index (κ1) is 20.2. The molecule has 0 amide bonds. The van der Waals surface area contributed by atoms with E-state index in [-0.39, 0.29) is 0 Å². The summed E-state index contributed by atoms with van der Waals surface area (Å²) < 4.78 is 0. The minimum Gasteiger partial charge on any atom is -0.0911 e. The molecule has 1 aromatic carbocycles. The molecule has 0 saturated heterocycles. The van der Waals surface area contributed by atoms with Crippen molar-refractivity contribution in [2.75, 3.05) is 0 Å². The van der Waals surface area contributed by atoms with E-state index in [0.29, 0.717) is 5.92 Å². The molecule has 130 valence electrons. The van der Waals surface area contributed by atoms with Gasteiger partial charge in [-0.2, -0.15) is 0 Å². The van der Waals surface area contributed by atoms with E-state index in [1.54, 1.807) is 0 Å². The Morgan fingerprint density at radius 3 is 2.46 bits per heavy atom. The maximum Gasteiger partial charge on any atom is -0.0158 e. The first-order valence-electron chi connectivity index (χ1n) is 9.34. The summed E-state index contributed by atoms with van der Waals surface area (Å²) in [6.07, 6.45) is 13.4. The first-order chi connectivity index (χ1) is 11.6. The number of allylic oxidation sites excluding steroid dienone is 7. The van der Waals surface area contributed by atoms with Crippen molar-refractivity contribution in [2.24, 2.45) is 5.92 Å². The molecule has 0 aliphatic rings. The highest BCUT2D eigenvalue weighted by Gasteiger charge is 2.09. The fourth-order valence-electron chi connectivity index (χ4n) is 2.95. The van der Waals surface area contributed by atoms with Crippen LogP contribution in [0.1, 0.15) is 65.0 Å². The van der Waals surface area contributed by atoms with Gasteiger partial charge >= 0.3 is 0 Å². The van der Waals surface area contributed by atoms with Crippen molar-refractivity contribution < 1.29 is 0 Å². The molecule has 1 aromatic rings. The van der Waals surface area contributed by atoms with Crippen molar-refractivity contribution in [3.63, 3.8) is 0 Å². The number of hydrogen-bond donors (Lipinski definition) is 0. The van der Waals surface area contributed by atoms with Gasteiger partial charge in [0.15, 0.2) is 0 Å². The lowest BCUT2D eigenvalue weighted by Gasteiger charge is -2.15. The molecule has 0 aliphatic heterocycles. The fraction of sp³-hybridized carbons (Fsp3) is 0.417. The SMILES string of the molecule is C=C(/C=C(\C=C/C)C(=C/C)/CCC)c1ccccc1CC(C)CC. The van der Waals surface area contributed by atoms with Gasteiger partial charge in [-0.15, -0.1) is 0 Å². The predicted molar refractivity (Wildman–Crippen MR) is 110 cm³/mol. The number of hydrogen-bond acceptors (Lipinski definition) is 0. The smallest absolute Gasteiger partial charge is 0.0158 e. The monoisotopic (exact) mass is 322 g/mol. The summed E-state index contributed by atoms with van der Waals surface area (Å²) in [5.74, 6) is 0.698. The van der Waals surface area contributed by atoms with E-state index in [9.17, 15) is 0 Å². The van der Waals surface area contributed by atoms with Gasteiger partial charge in [-0.25, -0.2) is 0 Å². The molecule has 0 heterocycles.